The van der Waals surface area contributed by atoms with E-state index in [1.165, 1.54) is 0 Å². The number of hydrogen-bond donors (Lipinski definition) is 0. The Morgan fingerprint density at radius 3 is 2.87 bits per heavy atom. The molecule has 15 heavy (non-hydrogen) atoms. The van der Waals surface area contributed by atoms with E-state index in [0.29, 0.717) is 5.15 Å². The van der Waals surface area contributed by atoms with Crippen LogP contribution in [0.4, 0.5) is 0 Å². The van der Waals surface area contributed by atoms with Gasteiger partial charge in [-0.25, -0.2) is 4.98 Å². The summed E-state index contributed by atoms with van der Waals surface area (Å²) in [6, 6.07) is 5.98. The molecule has 0 saturated heterocycles. The van der Waals surface area contributed by atoms with Crippen LogP contribution in [-0.2, 0) is 6.42 Å². The van der Waals surface area contributed by atoms with Crippen LogP contribution >= 0.6 is 11.6 Å². The molecular weight excluding hydrogens is 210 g/mol. The van der Waals surface area contributed by atoms with Gasteiger partial charge in [-0.1, -0.05) is 18.5 Å². The van der Waals surface area contributed by atoms with Crippen LogP contribution in [0.1, 0.15) is 12.5 Å². The van der Waals surface area contributed by atoms with Crippen LogP contribution in [-0.4, -0.2) is 12.1 Å². The third kappa shape index (κ3) is 1.77. The Labute approximate surface area is 93.8 Å². The summed E-state index contributed by atoms with van der Waals surface area (Å²) in [5, 5.41) is 2.59. The van der Waals surface area contributed by atoms with Gasteiger partial charge in [0, 0.05) is 11.6 Å². The smallest absolute Gasteiger partial charge is 0.136 e. The Hall–Kier alpha value is -1.28. The van der Waals surface area contributed by atoms with E-state index in [9.17, 15) is 0 Å². The van der Waals surface area contributed by atoms with Gasteiger partial charge in [-0.15, -0.1) is 0 Å². The van der Waals surface area contributed by atoms with E-state index < -0.39 is 0 Å². The maximum absolute atomic E-state index is 6.03. The average molecular weight is 222 g/mol. The minimum atomic E-state index is 0.546. The summed E-state index contributed by atoms with van der Waals surface area (Å²) in [4.78, 5) is 4.06. The van der Waals surface area contributed by atoms with E-state index in [-0.39, 0.29) is 0 Å². The van der Waals surface area contributed by atoms with Gasteiger partial charge in [0.05, 0.1) is 7.11 Å². The zero-order chi connectivity index (χ0) is 10.8. The fourth-order valence-corrected chi connectivity index (χ4v) is 1.90. The number of nitrogens with zero attached hydrogens (tertiary/aromatic N) is 1. The number of hydrogen-bond acceptors (Lipinski definition) is 2. The van der Waals surface area contributed by atoms with Crippen LogP contribution in [0.3, 0.4) is 0 Å². The SMILES string of the molecule is CCc1cc2c(Cl)nccc2cc1OC. The number of rotatable bonds is 2. The van der Waals surface area contributed by atoms with E-state index >= 15 is 0 Å². The zero-order valence-corrected chi connectivity index (χ0v) is 9.51. The van der Waals surface area contributed by atoms with Crippen molar-refractivity contribution in [1.82, 2.24) is 4.98 Å². The standard InChI is InChI=1S/C12H12ClNO/c1-3-8-6-10-9(7-11(8)15-2)4-5-14-12(10)13/h4-7H,3H2,1-2H3. The fraction of sp³-hybridized carbons (Fsp3) is 0.250. The summed E-state index contributed by atoms with van der Waals surface area (Å²) in [5.41, 5.74) is 1.15. The Balaban J connectivity index is 2.75. The van der Waals surface area contributed by atoms with Gasteiger partial charge < -0.3 is 4.74 Å². The number of pyridine rings is 1. The van der Waals surface area contributed by atoms with Crippen molar-refractivity contribution >= 4 is 22.4 Å². The van der Waals surface area contributed by atoms with Crippen molar-refractivity contribution in [3.8, 4) is 5.75 Å². The number of aromatic nitrogens is 1. The second kappa shape index (κ2) is 4.07. The summed E-state index contributed by atoms with van der Waals surface area (Å²) >= 11 is 6.03. The molecule has 0 aliphatic carbocycles. The molecule has 0 unspecified atom stereocenters. The van der Waals surface area contributed by atoms with Crippen LogP contribution in [0.5, 0.6) is 5.75 Å². The quantitative estimate of drug-likeness (QED) is 0.725. The molecular formula is C12H12ClNO. The van der Waals surface area contributed by atoms with Crippen molar-refractivity contribution in [1.29, 1.82) is 0 Å². The first-order valence-corrected chi connectivity index (χ1v) is 5.25. The van der Waals surface area contributed by atoms with Crippen LogP contribution in [0, 0.1) is 0 Å². The van der Waals surface area contributed by atoms with E-state index in [4.69, 9.17) is 16.3 Å². The molecule has 1 aromatic carbocycles. The summed E-state index contributed by atoms with van der Waals surface area (Å²) < 4.78 is 5.32. The molecule has 0 aliphatic heterocycles. The van der Waals surface area contributed by atoms with Gasteiger partial charge in [0.15, 0.2) is 0 Å². The predicted molar refractivity (Wildman–Crippen MR) is 62.7 cm³/mol. The number of halogens is 1. The molecule has 3 heteroatoms. The van der Waals surface area contributed by atoms with Crippen LogP contribution in [0.25, 0.3) is 10.8 Å². The van der Waals surface area contributed by atoms with Crippen molar-refractivity contribution < 1.29 is 4.74 Å². The summed E-state index contributed by atoms with van der Waals surface area (Å²) in [7, 11) is 1.68. The van der Waals surface area contributed by atoms with Gasteiger partial charge in [0.1, 0.15) is 10.9 Å². The molecule has 2 rings (SSSR count). The van der Waals surface area contributed by atoms with Crippen LogP contribution in [0.15, 0.2) is 24.4 Å². The van der Waals surface area contributed by atoms with Crippen molar-refractivity contribution in [3.63, 3.8) is 0 Å². The lowest BCUT2D eigenvalue weighted by molar-refractivity contribution is 0.411. The lowest BCUT2D eigenvalue weighted by Gasteiger charge is -2.09. The third-order valence-electron chi connectivity index (χ3n) is 2.50. The molecule has 0 saturated carbocycles. The van der Waals surface area contributed by atoms with Gasteiger partial charge in [0.25, 0.3) is 0 Å². The molecule has 0 spiro atoms. The maximum atomic E-state index is 6.03. The maximum Gasteiger partial charge on any atom is 0.136 e. The average Bonchev–Trinajstić information content (AvgIpc) is 2.28. The largest absolute Gasteiger partial charge is 0.496 e. The highest BCUT2D eigenvalue weighted by Gasteiger charge is 2.06. The van der Waals surface area contributed by atoms with Crippen LogP contribution < -0.4 is 4.74 Å². The van der Waals surface area contributed by atoms with Crippen molar-refractivity contribution in [2.75, 3.05) is 7.11 Å². The lowest BCUT2D eigenvalue weighted by Crippen LogP contribution is -1.91. The molecule has 0 atom stereocenters. The van der Waals surface area contributed by atoms with Gasteiger partial charge >= 0.3 is 0 Å². The highest BCUT2D eigenvalue weighted by Crippen LogP contribution is 2.29. The third-order valence-corrected chi connectivity index (χ3v) is 2.80. The Morgan fingerprint density at radius 2 is 2.20 bits per heavy atom. The number of fused-ring (bicyclic) bond motifs is 1. The van der Waals surface area contributed by atoms with Crippen molar-refractivity contribution in [2.45, 2.75) is 13.3 Å². The second-order valence-electron chi connectivity index (χ2n) is 3.34. The monoisotopic (exact) mass is 221 g/mol. The highest BCUT2D eigenvalue weighted by molar-refractivity contribution is 6.34. The summed E-state index contributed by atoms with van der Waals surface area (Å²) in [5.74, 6) is 0.910. The fourth-order valence-electron chi connectivity index (χ4n) is 1.68. The van der Waals surface area contributed by atoms with E-state index in [0.717, 1.165) is 28.5 Å². The molecule has 0 bridgehead atoms. The molecule has 78 valence electrons. The van der Waals surface area contributed by atoms with E-state index in [2.05, 4.69) is 11.9 Å². The van der Waals surface area contributed by atoms with Crippen molar-refractivity contribution in [3.05, 3.63) is 35.1 Å². The molecule has 1 heterocycles. The highest BCUT2D eigenvalue weighted by atomic mass is 35.5. The molecule has 0 radical (unpaired) electrons. The Kier molecular flexibility index (Phi) is 2.78. The lowest BCUT2D eigenvalue weighted by atomic mass is 10.1. The molecule has 0 fully saturated rings. The molecule has 0 amide bonds. The van der Waals surface area contributed by atoms with Crippen LogP contribution in [0.2, 0.25) is 5.15 Å². The van der Waals surface area contributed by atoms with Gasteiger partial charge in [-0.2, -0.15) is 0 Å². The van der Waals surface area contributed by atoms with Gasteiger partial charge in [-0.05, 0) is 35.6 Å². The second-order valence-corrected chi connectivity index (χ2v) is 3.70. The number of methoxy groups -OCH3 is 1. The molecule has 2 nitrogen and oxygen atoms in total. The summed E-state index contributed by atoms with van der Waals surface area (Å²) in [6.45, 7) is 2.09. The Bertz CT molecular complexity index is 496. The van der Waals surface area contributed by atoms with Gasteiger partial charge in [0.2, 0.25) is 0 Å². The molecule has 1 aromatic heterocycles. The van der Waals surface area contributed by atoms with E-state index in [1.807, 2.05) is 18.2 Å². The van der Waals surface area contributed by atoms with E-state index in [1.54, 1.807) is 13.3 Å². The molecule has 0 N–H and O–H groups in total. The normalized spacial score (nSPS) is 10.6. The molecule has 0 aliphatic rings. The Morgan fingerprint density at radius 1 is 1.40 bits per heavy atom. The first-order valence-electron chi connectivity index (χ1n) is 4.87. The minimum Gasteiger partial charge on any atom is -0.496 e. The molecule has 2 aromatic rings. The minimum absolute atomic E-state index is 0.546. The number of aryl methyl sites for hydroxylation is 1. The predicted octanol–water partition coefficient (Wildman–Crippen LogP) is 3.46. The summed E-state index contributed by atoms with van der Waals surface area (Å²) in [6.07, 6.45) is 2.63. The first kappa shape index (κ1) is 10.2. The number of ether oxygens (including phenoxy) is 1. The van der Waals surface area contributed by atoms with Crippen molar-refractivity contribution in [2.24, 2.45) is 0 Å². The zero-order valence-electron chi connectivity index (χ0n) is 8.75. The first-order chi connectivity index (χ1) is 7.26. The topological polar surface area (TPSA) is 22.1 Å². The van der Waals surface area contributed by atoms with Gasteiger partial charge in [-0.3, -0.25) is 0 Å². The number of benzene rings is 1.